The predicted molar refractivity (Wildman–Crippen MR) is 94.2 cm³/mol. The van der Waals surface area contributed by atoms with Crippen molar-refractivity contribution in [2.45, 2.75) is 24.8 Å². The molecule has 2 aliphatic rings. The number of carbonyl (C=O) groups excluding carboxylic acids is 1. The quantitative estimate of drug-likeness (QED) is 0.932. The molecule has 2 heterocycles. The summed E-state index contributed by atoms with van der Waals surface area (Å²) in [6.07, 6.45) is 1.75. The summed E-state index contributed by atoms with van der Waals surface area (Å²) < 4.78 is 19.4. The van der Waals surface area contributed by atoms with Crippen molar-refractivity contribution in [3.05, 3.63) is 59.4 Å². The van der Waals surface area contributed by atoms with Crippen LogP contribution in [-0.2, 0) is 16.8 Å². The van der Waals surface area contributed by atoms with Crippen LogP contribution in [0.1, 0.15) is 24.0 Å². The van der Waals surface area contributed by atoms with Gasteiger partial charge in [0.15, 0.2) is 0 Å². The first-order chi connectivity index (χ1) is 12.1. The van der Waals surface area contributed by atoms with E-state index in [1.165, 1.54) is 13.2 Å². The van der Waals surface area contributed by atoms with E-state index in [4.69, 9.17) is 4.74 Å². The molecule has 2 aromatic rings. The van der Waals surface area contributed by atoms with Crippen LogP contribution in [0.25, 0.3) is 0 Å². The average molecular weight is 340 g/mol. The van der Waals surface area contributed by atoms with Gasteiger partial charge < -0.3 is 10.1 Å². The van der Waals surface area contributed by atoms with E-state index < -0.39 is 5.41 Å². The maximum absolute atomic E-state index is 14.3. The number of anilines is 1. The van der Waals surface area contributed by atoms with Crippen LogP contribution in [-0.4, -0.2) is 31.0 Å². The Bertz CT molecular complexity index is 823. The Balaban J connectivity index is 1.59. The number of rotatable bonds is 3. The number of para-hydroxylation sites is 1. The molecule has 1 amide bonds. The SMILES string of the molecule is COc1ccc(CN2CCCC3(C2)C(=O)Nc2ccccc23)c(F)c1. The van der Waals surface area contributed by atoms with Crippen LogP contribution in [0.15, 0.2) is 42.5 Å². The minimum absolute atomic E-state index is 0.0635. The number of carbonyl (C=O) groups is 1. The highest BCUT2D eigenvalue weighted by molar-refractivity contribution is 6.06. The van der Waals surface area contributed by atoms with E-state index in [2.05, 4.69) is 10.2 Å². The van der Waals surface area contributed by atoms with Gasteiger partial charge in [-0.1, -0.05) is 24.3 Å². The molecule has 0 radical (unpaired) electrons. The molecule has 25 heavy (non-hydrogen) atoms. The van der Waals surface area contributed by atoms with E-state index in [0.29, 0.717) is 24.4 Å². The number of halogens is 1. The summed E-state index contributed by atoms with van der Waals surface area (Å²) in [7, 11) is 1.53. The number of amides is 1. The van der Waals surface area contributed by atoms with Crippen molar-refractivity contribution in [3.8, 4) is 5.75 Å². The molecule has 5 heteroatoms. The van der Waals surface area contributed by atoms with Crippen molar-refractivity contribution in [2.24, 2.45) is 0 Å². The van der Waals surface area contributed by atoms with Crippen molar-refractivity contribution in [1.82, 2.24) is 4.90 Å². The van der Waals surface area contributed by atoms with Gasteiger partial charge in [0.1, 0.15) is 11.6 Å². The van der Waals surface area contributed by atoms with Gasteiger partial charge in [0.2, 0.25) is 5.91 Å². The highest BCUT2D eigenvalue weighted by atomic mass is 19.1. The monoisotopic (exact) mass is 340 g/mol. The fourth-order valence-electron chi connectivity index (χ4n) is 4.08. The molecule has 1 unspecified atom stereocenters. The van der Waals surface area contributed by atoms with Crippen LogP contribution in [0.4, 0.5) is 10.1 Å². The highest BCUT2D eigenvalue weighted by Crippen LogP contribution is 2.43. The Labute approximate surface area is 146 Å². The lowest BCUT2D eigenvalue weighted by atomic mass is 9.75. The van der Waals surface area contributed by atoms with E-state index in [0.717, 1.165) is 30.6 Å². The fourth-order valence-corrected chi connectivity index (χ4v) is 4.08. The second-order valence-corrected chi connectivity index (χ2v) is 6.85. The van der Waals surface area contributed by atoms with Gasteiger partial charge in [0, 0.05) is 30.4 Å². The number of nitrogens with zero attached hydrogens (tertiary/aromatic N) is 1. The molecule has 0 bridgehead atoms. The van der Waals surface area contributed by atoms with Gasteiger partial charge in [0.05, 0.1) is 12.5 Å². The third-order valence-corrected chi connectivity index (χ3v) is 5.35. The largest absolute Gasteiger partial charge is 0.497 e. The van der Waals surface area contributed by atoms with Crippen molar-refractivity contribution >= 4 is 11.6 Å². The lowest BCUT2D eigenvalue weighted by Gasteiger charge is -2.39. The molecule has 0 aromatic heterocycles. The second-order valence-electron chi connectivity index (χ2n) is 6.85. The third kappa shape index (κ3) is 2.68. The number of nitrogens with one attached hydrogen (secondary N) is 1. The van der Waals surface area contributed by atoms with Gasteiger partial charge >= 0.3 is 0 Å². The number of hydrogen-bond donors (Lipinski definition) is 1. The molecule has 1 atom stereocenters. The Morgan fingerprint density at radius 2 is 2.12 bits per heavy atom. The molecule has 1 fully saturated rings. The van der Waals surface area contributed by atoms with Crippen LogP contribution in [0, 0.1) is 5.82 Å². The zero-order valence-corrected chi connectivity index (χ0v) is 14.2. The van der Waals surface area contributed by atoms with Crippen LogP contribution >= 0.6 is 0 Å². The number of ether oxygens (including phenoxy) is 1. The van der Waals surface area contributed by atoms with Crippen molar-refractivity contribution in [3.63, 3.8) is 0 Å². The Kier molecular flexibility index (Phi) is 3.96. The summed E-state index contributed by atoms with van der Waals surface area (Å²) in [6.45, 7) is 1.97. The van der Waals surface area contributed by atoms with Gasteiger partial charge in [-0.25, -0.2) is 4.39 Å². The number of fused-ring (bicyclic) bond motifs is 2. The maximum Gasteiger partial charge on any atom is 0.236 e. The molecule has 1 N–H and O–H groups in total. The summed E-state index contributed by atoms with van der Waals surface area (Å²) in [4.78, 5) is 14.9. The van der Waals surface area contributed by atoms with E-state index in [1.54, 1.807) is 12.1 Å². The van der Waals surface area contributed by atoms with Crippen molar-refractivity contribution in [2.75, 3.05) is 25.5 Å². The van der Waals surface area contributed by atoms with Gasteiger partial charge in [-0.05, 0) is 37.1 Å². The van der Waals surface area contributed by atoms with Crippen LogP contribution in [0.2, 0.25) is 0 Å². The van der Waals surface area contributed by atoms with Gasteiger partial charge in [-0.3, -0.25) is 9.69 Å². The summed E-state index contributed by atoms with van der Waals surface area (Å²) in [5.74, 6) is 0.310. The van der Waals surface area contributed by atoms with Gasteiger partial charge in [-0.2, -0.15) is 0 Å². The minimum atomic E-state index is -0.516. The Hall–Kier alpha value is -2.40. The fraction of sp³-hybridized carbons (Fsp3) is 0.350. The first-order valence-electron chi connectivity index (χ1n) is 8.58. The van der Waals surface area contributed by atoms with Crippen LogP contribution in [0.5, 0.6) is 5.75 Å². The lowest BCUT2D eigenvalue weighted by Crippen LogP contribution is -2.49. The molecule has 1 saturated heterocycles. The highest BCUT2D eigenvalue weighted by Gasteiger charge is 2.48. The standard InChI is InChI=1S/C20H21FN2O2/c1-25-15-8-7-14(17(21)11-15)12-23-10-4-9-20(13-23)16-5-2-3-6-18(16)22-19(20)24/h2-3,5-8,11H,4,9-10,12-13H2,1H3,(H,22,24). The minimum Gasteiger partial charge on any atom is -0.497 e. The number of hydrogen-bond acceptors (Lipinski definition) is 3. The summed E-state index contributed by atoms with van der Waals surface area (Å²) in [5.41, 5.74) is 2.09. The first-order valence-corrected chi connectivity index (χ1v) is 8.58. The summed E-state index contributed by atoms with van der Waals surface area (Å²) in [6, 6.07) is 12.8. The molecule has 1 spiro atoms. The average Bonchev–Trinajstić information content (AvgIpc) is 2.89. The first kappa shape index (κ1) is 16.1. The molecule has 2 aliphatic heterocycles. The molecule has 0 saturated carbocycles. The molecule has 4 nitrogen and oxygen atoms in total. The van der Waals surface area contributed by atoms with E-state index in [-0.39, 0.29) is 11.7 Å². The van der Waals surface area contributed by atoms with E-state index in [9.17, 15) is 9.18 Å². The predicted octanol–water partition coefficient (Wildman–Crippen LogP) is 3.32. The smallest absolute Gasteiger partial charge is 0.236 e. The molecule has 0 aliphatic carbocycles. The number of methoxy groups -OCH3 is 1. The van der Waals surface area contributed by atoms with Crippen LogP contribution < -0.4 is 10.1 Å². The third-order valence-electron chi connectivity index (χ3n) is 5.35. The molecular formula is C20H21FN2O2. The zero-order valence-electron chi connectivity index (χ0n) is 14.2. The topological polar surface area (TPSA) is 41.6 Å². The zero-order chi connectivity index (χ0) is 17.4. The summed E-state index contributed by atoms with van der Waals surface area (Å²) >= 11 is 0. The van der Waals surface area contributed by atoms with Gasteiger partial charge in [0.25, 0.3) is 0 Å². The van der Waals surface area contributed by atoms with E-state index >= 15 is 0 Å². The molecule has 4 rings (SSSR count). The van der Waals surface area contributed by atoms with E-state index in [1.807, 2.05) is 24.3 Å². The number of benzene rings is 2. The summed E-state index contributed by atoms with van der Waals surface area (Å²) in [5, 5.41) is 3.01. The maximum atomic E-state index is 14.3. The Morgan fingerprint density at radius 1 is 1.28 bits per heavy atom. The molecular weight excluding hydrogens is 319 g/mol. The normalized spacial score (nSPS) is 22.7. The number of likely N-dealkylation sites (tertiary alicyclic amines) is 1. The molecule has 2 aromatic carbocycles. The number of piperidine rings is 1. The van der Waals surface area contributed by atoms with Gasteiger partial charge in [-0.15, -0.1) is 0 Å². The lowest BCUT2D eigenvalue weighted by molar-refractivity contribution is -0.122. The molecule has 130 valence electrons. The van der Waals surface area contributed by atoms with Crippen LogP contribution in [0.3, 0.4) is 0 Å². The second kappa shape index (κ2) is 6.15. The van der Waals surface area contributed by atoms with Crippen molar-refractivity contribution in [1.29, 1.82) is 0 Å². The Morgan fingerprint density at radius 3 is 2.92 bits per heavy atom. The van der Waals surface area contributed by atoms with Crippen molar-refractivity contribution < 1.29 is 13.9 Å².